The molecular formula is C14H12N2O3. The first-order valence-electron chi connectivity index (χ1n) is 5.75. The zero-order chi connectivity index (χ0) is 13.8. The largest absolute Gasteiger partial charge is 0.294 e. The van der Waals surface area contributed by atoms with E-state index in [0.29, 0.717) is 16.8 Å². The summed E-state index contributed by atoms with van der Waals surface area (Å²) in [6.07, 6.45) is 1.75. The van der Waals surface area contributed by atoms with Crippen molar-refractivity contribution < 1.29 is 9.72 Å². The number of hydrogen-bond acceptors (Lipinski definition) is 4. The minimum absolute atomic E-state index is 0.0654. The first-order valence-corrected chi connectivity index (χ1v) is 5.75. The highest BCUT2D eigenvalue weighted by Crippen LogP contribution is 2.18. The van der Waals surface area contributed by atoms with Gasteiger partial charge in [0.1, 0.15) is 0 Å². The van der Waals surface area contributed by atoms with Crippen molar-refractivity contribution in [1.82, 2.24) is 4.98 Å². The highest BCUT2D eigenvalue weighted by Gasteiger charge is 2.14. The lowest BCUT2D eigenvalue weighted by molar-refractivity contribution is -0.384. The van der Waals surface area contributed by atoms with E-state index in [4.69, 9.17) is 0 Å². The maximum absolute atomic E-state index is 12.1. The van der Waals surface area contributed by atoms with E-state index in [2.05, 4.69) is 4.98 Å². The van der Waals surface area contributed by atoms with Gasteiger partial charge in [0.15, 0.2) is 5.78 Å². The van der Waals surface area contributed by atoms with Gasteiger partial charge in [0, 0.05) is 29.6 Å². The Labute approximate surface area is 110 Å². The van der Waals surface area contributed by atoms with Crippen molar-refractivity contribution in [3.63, 3.8) is 0 Å². The molecule has 2 rings (SSSR count). The first-order chi connectivity index (χ1) is 9.06. The average Bonchev–Trinajstić information content (AvgIpc) is 2.39. The predicted molar refractivity (Wildman–Crippen MR) is 70.1 cm³/mol. The fraction of sp³-hybridized carbons (Fsp3) is 0.143. The van der Waals surface area contributed by atoms with Gasteiger partial charge in [0.2, 0.25) is 0 Å². The molecule has 1 aromatic heterocycles. The second-order valence-electron chi connectivity index (χ2n) is 4.24. The molecule has 0 saturated heterocycles. The van der Waals surface area contributed by atoms with Gasteiger partial charge < -0.3 is 0 Å². The summed E-state index contributed by atoms with van der Waals surface area (Å²) >= 11 is 0. The number of Topliss-reactive ketones (excluding diaryl/α,β-unsaturated/α-hetero) is 1. The minimum Gasteiger partial charge on any atom is -0.294 e. The van der Waals surface area contributed by atoms with Gasteiger partial charge in [-0.05, 0) is 30.7 Å². The highest BCUT2D eigenvalue weighted by atomic mass is 16.6. The maximum atomic E-state index is 12.1. The second-order valence-corrected chi connectivity index (χ2v) is 4.24. The molecule has 0 spiro atoms. The number of carbonyl (C=O) groups excluding carboxylic acids is 1. The van der Waals surface area contributed by atoms with E-state index in [0.717, 1.165) is 0 Å². The number of aromatic nitrogens is 1. The van der Waals surface area contributed by atoms with Crippen molar-refractivity contribution in [3.8, 4) is 0 Å². The van der Waals surface area contributed by atoms with E-state index in [1.54, 1.807) is 37.4 Å². The number of nitrogens with zero attached hydrogens (tertiary/aromatic N) is 2. The zero-order valence-electron chi connectivity index (χ0n) is 10.4. The fourth-order valence-corrected chi connectivity index (χ4v) is 1.80. The molecule has 0 saturated carbocycles. The van der Waals surface area contributed by atoms with E-state index in [1.165, 1.54) is 12.1 Å². The monoisotopic (exact) mass is 256 g/mol. The maximum Gasteiger partial charge on any atom is 0.270 e. The smallest absolute Gasteiger partial charge is 0.270 e. The molecule has 0 bridgehead atoms. The molecule has 0 unspecified atom stereocenters. The van der Waals surface area contributed by atoms with Gasteiger partial charge in [-0.2, -0.15) is 0 Å². The standard InChI is InChI=1S/C14H12N2O3/c1-10-6-11(8-13(7-10)16(18)19)14(17)9-12-4-2-3-5-15-12/h2-8H,9H2,1H3. The van der Waals surface area contributed by atoms with Crippen LogP contribution in [0, 0.1) is 17.0 Å². The summed E-state index contributed by atoms with van der Waals surface area (Å²) in [5, 5.41) is 10.8. The third-order valence-corrected chi connectivity index (χ3v) is 2.66. The van der Waals surface area contributed by atoms with Gasteiger partial charge in [-0.1, -0.05) is 6.07 Å². The summed E-state index contributed by atoms with van der Waals surface area (Å²) in [5.74, 6) is -0.175. The van der Waals surface area contributed by atoms with E-state index < -0.39 is 4.92 Å². The van der Waals surface area contributed by atoms with Crippen molar-refractivity contribution >= 4 is 11.5 Å². The Morgan fingerprint density at radius 1 is 1.32 bits per heavy atom. The van der Waals surface area contributed by atoms with Crippen molar-refractivity contribution in [2.75, 3.05) is 0 Å². The summed E-state index contributed by atoms with van der Waals surface area (Å²) < 4.78 is 0. The lowest BCUT2D eigenvalue weighted by Crippen LogP contribution is -2.06. The lowest BCUT2D eigenvalue weighted by Gasteiger charge is -2.02. The molecule has 5 nitrogen and oxygen atoms in total. The molecule has 5 heteroatoms. The van der Waals surface area contributed by atoms with E-state index in [9.17, 15) is 14.9 Å². The summed E-state index contributed by atoms with van der Waals surface area (Å²) in [5.41, 5.74) is 1.62. The number of non-ortho nitro benzene ring substituents is 1. The number of nitro groups is 1. The molecule has 0 amide bonds. The van der Waals surface area contributed by atoms with Crippen LogP contribution in [0.5, 0.6) is 0 Å². The van der Waals surface area contributed by atoms with Gasteiger partial charge in [0.05, 0.1) is 11.3 Å². The van der Waals surface area contributed by atoms with Crippen LogP contribution in [0.25, 0.3) is 0 Å². The van der Waals surface area contributed by atoms with Crippen LogP contribution in [0.4, 0.5) is 5.69 Å². The Balaban J connectivity index is 2.26. The summed E-state index contributed by atoms with van der Waals surface area (Å²) in [4.78, 5) is 26.4. The lowest BCUT2D eigenvalue weighted by atomic mass is 10.0. The van der Waals surface area contributed by atoms with Crippen molar-refractivity contribution in [3.05, 3.63) is 69.5 Å². The van der Waals surface area contributed by atoms with Crippen LogP contribution < -0.4 is 0 Å². The summed E-state index contributed by atoms with van der Waals surface area (Å²) in [6.45, 7) is 1.73. The molecule has 96 valence electrons. The number of ketones is 1. The zero-order valence-corrected chi connectivity index (χ0v) is 10.4. The number of rotatable bonds is 4. The van der Waals surface area contributed by atoms with Gasteiger partial charge in [-0.25, -0.2) is 0 Å². The van der Waals surface area contributed by atoms with Crippen LogP contribution in [-0.2, 0) is 6.42 Å². The van der Waals surface area contributed by atoms with Gasteiger partial charge in [-0.3, -0.25) is 19.9 Å². The molecule has 1 heterocycles. The van der Waals surface area contributed by atoms with Gasteiger partial charge in [-0.15, -0.1) is 0 Å². The average molecular weight is 256 g/mol. The molecule has 0 aliphatic heterocycles. The number of aryl methyl sites for hydroxylation is 1. The second kappa shape index (κ2) is 5.39. The predicted octanol–water partition coefficient (Wildman–Crippen LogP) is 2.72. The van der Waals surface area contributed by atoms with Crippen LogP contribution >= 0.6 is 0 Å². The Morgan fingerprint density at radius 2 is 2.11 bits per heavy atom. The Hall–Kier alpha value is -2.56. The van der Waals surface area contributed by atoms with Crippen molar-refractivity contribution in [1.29, 1.82) is 0 Å². The molecule has 0 radical (unpaired) electrons. The molecule has 2 aromatic rings. The molecule has 0 aliphatic carbocycles. The SMILES string of the molecule is Cc1cc(C(=O)Cc2ccccn2)cc([N+](=O)[O-])c1. The topological polar surface area (TPSA) is 73.1 Å². The summed E-state index contributed by atoms with van der Waals surface area (Å²) in [7, 11) is 0. The number of hydrogen-bond donors (Lipinski definition) is 0. The van der Waals surface area contributed by atoms with Gasteiger partial charge >= 0.3 is 0 Å². The van der Waals surface area contributed by atoms with E-state index >= 15 is 0 Å². The van der Waals surface area contributed by atoms with Crippen molar-refractivity contribution in [2.24, 2.45) is 0 Å². The Morgan fingerprint density at radius 3 is 2.74 bits per heavy atom. The fourth-order valence-electron chi connectivity index (χ4n) is 1.80. The number of nitro benzene ring substituents is 1. The minimum atomic E-state index is -0.495. The van der Waals surface area contributed by atoms with Crippen LogP contribution in [0.2, 0.25) is 0 Å². The molecule has 19 heavy (non-hydrogen) atoms. The molecule has 0 aliphatic rings. The third kappa shape index (κ3) is 3.22. The molecule has 1 aromatic carbocycles. The van der Waals surface area contributed by atoms with E-state index in [-0.39, 0.29) is 17.9 Å². The normalized spacial score (nSPS) is 10.2. The Kier molecular flexibility index (Phi) is 3.66. The van der Waals surface area contributed by atoms with Crippen LogP contribution in [0.3, 0.4) is 0 Å². The first kappa shape index (κ1) is 12.9. The highest BCUT2D eigenvalue weighted by molar-refractivity contribution is 5.98. The van der Waals surface area contributed by atoms with Crippen LogP contribution in [0.1, 0.15) is 21.6 Å². The van der Waals surface area contributed by atoms with Crippen molar-refractivity contribution in [2.45, 2.75) is 13.3 Å². The quantitative estimate of drug-likeness (QED) is 0.479. The molecule has 0 fully saturated rings. The van der Waals surface area contributed by atoms with Gasteiger partial charge in [0.25, 0.3) is 5.69 Å². The molecule has 0 atom stereocenters. The third-order valence-electron chi connectivity index (χ3n) is 2.66. The number of carbonyl (C=O) groups is 1. The van der Waals surface area contributed by atoms with E-state index in [1.807, 2.05) is 0 Å². The molecular weight excluding hydrogens is 244 g/mol. The number of pyridine rings is 1. The number of benzene rings is 1. The molecule has 0 N–H and O–H groups in total. The van der Waals surface area contributed by atoms with Crippen LogP contribution in [0.15, 0.2) is 42.6 Å². The van der Waals surface area contributed by atoms with Crippen LogP contribution in [-0.4, -0.2) is 15.7 Å². The Bertz CT molecular complexity index is 624. The summed E-state index contributed by atoms with van der Waals surface area (Å²) in [6, 6.07) is 9.72.